The van der Waals surface area contributed by atoms with Crippen LogP contribution in [0.25, 0.3) is 0 Å². The fourth-order valence-electron chi connectivity index (χ4n) is 9.41. The Morgan fingerprint density at radius 2 is 1.09 bits per heavy atom. The Kier molecular flexibility index (Phi) is 6.86. The predicted octanol–water partition coefficient (Wildman–Crippen LogP) is 9.01. The average Bonchev–Trinajstić information content (AvgIpc) is 3.63. The van der Waals surface area contributed by atoms with Gasteiger partial charge in [-0.15, -0.1) is 0 Å². The zero-order valence-corrected chi connectivity index (χ0v) is 27.5. The van der Waals surface area contributed by atoms with Crippen LogP contribution in [-0.4, -0.2) is 11.9 Å². The molecule has 6 aliphatic rings. The van der Waals surface area contributed by atoms with Crippen LogP contribution < -0.4 is 9.47 Å². The van der Waals surface area contributed by atoms with Gasteiger partial charge in [-0.05, 0) is 47.9 Å². The zero-order chi connectivity index (χ0) is 31.9. The summed E-state index contributed by atoms with van der Waals surface area (Å²) < 4.78 is 13.7. The highest BCUT2D eigenvalue weighted by Crippen LogP contribution is 2.81. The molecule has 3 aromatic carbocycles. The lowest BCUT2D eigenvalue weighted by Crippen LogP contribution is -2.52. The highest BCUT2D eigenvalue weighted by molar-refractivity contribution is 8.24. The third kappa shape index (κ3) is 3.98. The molecule has 2 fully saturated rings. The SMILES string of the molecule is N#CC(C#N)=C1Sc2c(OC(=O)C3CCCCC3)c3c(c(OC(=O)C4CCCCC4)c2S1)C1c2ccccc2C12c1ccccc1C32. The van der Waals surface area contributed by atoms with Gasteiger partial charge in [-0.25, -0.2) is 0 Å². The molecule has 8 heteroatoms. The van der Waals surface area contributed by atoms with Crippen LogP contribution in [0.2, 0.25) is 0 Å². The largest absolute Gasteiger partial charge is 0.425 e. The van der Waals surface area contributed by atoms with Gasteiger partial charge >= 0.3 is 11.9 Å². The summed E-state index contributed by atoms with van der Waals surface area (Å²) in [6.45, 7) is 0. The average molecular weight is 657 g/mol. The third-order valence-electron chi connectivity index (χ3n) is 11.4. The molecule has 0 radical (unpaired) electrons. The van der Waals surface area contributed by atoms with Gasteiger partial charge in [0, 0.05) is 28.4 Å². The first-order chi connectivity index (χ1) is 23.1. The number of hydrogen-bond acceptors (Lipinski definition) is 8. The van der Waals surface area contributed by atoms with Crippen LogP contribution in [0, 0.1) is 34.5 Å². The van der Waals surface area contributed by atoms with Crippen molar-refractivity contribution in [2.75, 3.05) is 0 Å². The van der Waals surface area contributed by atoms with E-state index in [-0.39, 0.29) is 46.6 Å². The molecule has 2 saturated carbocycles. The normalized spacial score (nSPS) is 24.9. The predicted molar refractivity (Wildman–Crippen MR) is 178 cm³/mol. The molecule has 1 aliphatic heterocycles. The molecule has 2 unspecified atom stereocenters. The molecule has 2 atom stereocenters. The summed E-state index contributed by atoms with van der Waals surface area (Å²) in [6, 6.07) is 21.2. The second kappa shape index (κ2) is 11.0. The van der Waals surface area contributed by atoms with E-state index in [9.17, 15) is 20.1 Å². The van der Waals surface area contributed by atoms with Crippen molar-refractivity contribution in [3.05, 3.63) is 91.7 Å². The number of esters is 2. The van der Waals surface area contributed by atoms with Gasteiger partial charge in [0.2, 0.25) is 0 Å². The number of allylic oxidation sites excluding steroid dienone is 1. The number of nitrogens with zero attached hydrogens (tertiary/aromatic N) is 2. The maximum absolute atomic E-state index is 14.0. The Balaban J connectivity index is 1.30. The van der Waals surface area contributed by atoms with Gasteiger partial charge in [0.05, 0.1) is 25.9 Å². The minimum absolute atomic E-state index is 0.00259. The molecule has 1 heterocycles. The molecule has 0 amide bonds. The molecular weight excluding hydrogens is 625 g/mol. The molecule has 0 saturated heterocycles. The van der Waals surface area contributed by atoms with E-state index in [1.165, 1.54) is 45.8 Å². The van der Waals surface area contributed by atoms with Crippen molar-refractivity contribution in [2.45, 2.75) is 91.2 Å². The van der Waals surface area contributed by atoms with Crippen molar-refractivity contribution in [1.82, 2.24) is 0 Å². The van der Waals surface area contributed by atoms with Crippen LogP contribution >= 0.6 is 23.5 Å². The number of thioether (sulfide) groups is 2. The van der Waals surface area contributed by atoms with E-state index in [2.05, 4.69) is 48.5 Å². The topological polar surface area (TPSA) is 100 Å². The standard InChI is InChI=1S/C39H32N2O4S2/c40-19-23(20-41)38-46-34-32(44-36(42)21-11-3-1-4-12-21)28-29(33(35(34)47-38)45-37(43)22-13-5-2-6-14-22)31-25-16-8-10-18-27(25)39(31)26-17-9-7-15-24(26)30(28)39/h7-10,15-18,21-22,30-31H,1-6,11-14H2. The smallest absolute Gasteiger partial charge is 0.314 e. The van der Waals surface area contributed by atoms with Gasteiger partial charge in [-0.3, -0.25) is 9.59 Å². The third-order valence-corrected chi connectivity index (χ3v) is 14.0. The lowest BCUT2D eigenvalue weighted by Gasteiger charge is -2.58. The van der Waals surface area contributed by atoms with E-state index < -0.39 is 0 Å². The van der Waals surface area contributed by atoms with Gasteiger partial charge in [0.1, 0.15) is 29.2 Å². The number of rotatable bonds is 4. The fraction of sp³-hybridized carbons (Fsp3) is 0.385. The first-order valence-corrected chi connectivity index (χ1v) is 18.5. The highest BCUT2D eigenvalue weighted by Gasteiger charge is 2.71. The number of hydrogen-bond donors (Lipinski definition) is 0. The molecule has 0 bridgehead atoms. The highest BCUT2D eigenvalue weighted by atomic mass is 32.2. The lowest BCUT2D eigenvalue weighted by atomic mass is 9.43. The second-order valence-electron chi connectivity index (χ2n) is 13.7. The maximum Gasteiger partial charge on any atom is 0.314 e. The molecule has 47 heavy (non-hydrogen) atoms. The Morgan fingerprint density at radius 3 is 1.51 bits per heavy atom. The number of carbonyl (C=O) groups excluding carboxylic acids is 2. The van der Waals surface area contributed by atoms with Gasteiger partial charge in [-0.2, -0.15) is 10.5 Å². The van der Waals surface area contributed by atoms with Gasteiger partial charge in [0.25, 0.3) is 0 Å². The van der Waals surface area contributed by atoms with Crippen molar-refractivity contribution in [1.29, 1.82) is 10.5 Å². The summed E-state index contributed by atoms with van der Waals surface area (Å²) in [7, 11) is 0. The minimum Gasteiger partial charge on any atom is -0.425 e. The minimum atomic E-state index is -0.332. The van der Waals surface area contributed by atoms with Gasteiger partial charge in [0.15, 0.2) is 0 Å². The molecule has 5 aliphatic carbocycles. The molecule has 9 rings (SSSR count). The van der Waals surface area contributed by atoms with Gasteiger partial charge in [-0.1, -0.05) is 111 Å². The lowest BCUT2D eigenvalue weighted by molar-refractivity contribution is -0.141. The van der Waals surface area contributed by atoms with E-state index >= 15 is 0 Å². The number of carbonyl (C=O) groups is 2. The number of fused-ring (bicyclic) bond motifs is 8. The van der Waals surface area contributed by atoms with Crippen LogP contribution in [-0.2, 0) is 15.0 Å². The number of benzene rings is 3. The van der Waals surface area contributed by atoms with Crippen molar-refractivity contribution in [2.24, 2.45) is 11.8 Å². The first kappa shape index (κ1) is 29.2. The fourth-order valence-corrected chi connectivity index (χ4v) is 11.9. The van der Waals surface area contributed by atoms with E-state index in [4.69, 9.17) is 9.47 Å². The Morgan fingerprint density at radius 1 is 0.660 bits per heavy atom. The van der Waals surface area contributed by atoms with Crippen LogP contribution in [0.3, 0.4) is 0 Å². The summed E-state index contributed by atoms with van der Waals surface area (Å²) in [5.41, 5.74) is 6.46. The van der Waals surface area contributed by atoms with E-state index in [0.29, 0.717) is 25.5 Å². The van der Waals surface area contributed by atoms with Crippen LogP contribution in [0.1, 0.15) is 109 Å². The summed E-state index contributed by atoms with van der Waals surface area (Å²) in [5, 5.41) is 19.7. The monoisotopic (exact) mass is 656 g/mol. The summed E-state index contributed by atoms with van der Waals surface area (Å²) >= 11 is 2.59. The quantitative estimate of drug-likeness (QED) is 0.156. The molecule has 0 aromatic heterocycles. The van der Waals surface area contributed by atoms with E-state index in [0.717, 1.165) is 75.3 Å². The summed E-state index contributed by atoms with van der Waals surface area (Å²) in [5.74, 6) is 0.108. The molecule has 1 spiro atoms. The van der Waals surface area contributed by atoms with Crippen LogP contribution in [0.4, 0.5) is 0 Å². The molecule has 0 N–H and O–H groups in total. The second-order valence-corrected chi connectivity index (χ2v) is 16.0. The summed E-state index contributed by atoms with van der Waals surface area (Å²) in [6.07, 6.45) is 9.53. The Hall–Kier alpha value is -3.98. The van der Waals surface area contributed by atoms with Gasteiger partial charge < -0.3 is 9.47 Å². The number of ether oxygens (including phenoxy) is 2. The van der Waals surface area contributed by atoms with Crippen LogP contribution in [0.5, 0.6) is 11.5 Å². The van der Waals surface area contributed by atoms with Crippen molar-refractivity contribution in [3.63, 3.8) is 0 Å². The molecule has 234 valence electrons. The van der Waals surface area contributed by atoms with Crippen LogP contribution in [0.15, 0.2) is 68.1 Å². The molecule has 6 nitrogen and oxygen atoms in total. The Labute approximate surface area is 282 Å². The Bertz CT molecular complexity index is 1870. The van der Waals surface area contributed by atoms with E-state index in [1.54, 1.807) is 0 Å². The van der Waals surface area contributed by atoms with E-state index in [1.807, 2.05) is 12.1 Å². The first-order valence-electron chi connectivity index (χ1n) is 16.8. The number of nitriles is 2. The molecule has 3 aromatic rings. The maximum atomic E-state index is 14.0. The summed E-state index contributed by atoms with van der Waals surface area (Å²) in [4.78, 5) is 29.3. The zero-order valence-electron chi connectivity index (χ0n) is 25.8. The molecular formula is C39H32N2O4S2. The van der Waals surface area contributed by atoms with Crippen molar-refractivity contribution in [3.8, 4) is 23.6 Å². The van der Waals surface area contributed by atoms with Crippen molar-refractivity contribution >= 4 is 35.5 Å². The van der Waals surface area contributed by atoms with Crippen molar-refractivity contribution < 1.29 is 19.1 Å².